The molecule has 0 bridgehead atoms. The fraction of sp³-hybridized carbons (Fsp3) is 0.207. The smallest absolute Gasteiger partial charge is 0.228 e. The number of nitrogens with zero attached hydrogens (tertiary/aromatic N) is 1. The summed E-state index contributed by atoms with van der Waals surface area (Å²) in [4.78, 5) is 0. The van der Waals surface area contributed by atoms with Crippen molar-refractivity contribution in [1.82, 2.24) is 0 Å². The molecule has 2 heterocycles. The number of aromatic nitrogens is 1. The van der Waals surface area contributed by atoms with Gasteiger partial charge in [0.2, 0.25) is 5.69 Å². The van der Waals surface area contributed by atoms with Gasteiger partial charge >= 0.3 is 0 Å². The van der Waals surface area contributed by atoms with E-state index in [9.17, 15) is 0 Å². The van der Waals surface area contributed by atoms with E-state index in [0.717, 1.165) is 17.9 Å². The molecule has 0 saturated heterocycles. The van der Waals surface area contributed by atoms with Crippen molar-refractivity contribution in [3.8, 4) is 22.8 Å². The normalized spacial score (nSPS) is 12.5. The molecule has 0 spiro atoms. The van der Waals surface area contributed by atoms with Crippen molar-refractivity contribution in [3.63, 3.8) is 0 Å². The average Bonchev–Trinajstić information content (AvgIpc) is 2.77. The summed E-state index contributed by atoms with van der Waals surface area (Å²) in [5.74, 6) is 2.55. The lowest BCUT2D eigenvalue weighted by Crippen LogP contribution is -2.32. The molecule has 1 aliphatic heterocycles. The fourth-order valence-corrected chi connectivity index (χ4v) is 5.36. The third-order valence-corrected chi connectivity index (χ3v) is 6.70. The lowest BCUT2D eigenvalue weighted by Gasteiger charge is -2.26. The van der Waals surface area contributed by atoms with E-state index in [4.69, 9.17) is 4.74 Å². The molecule has 152 valence electrons. The van der Waals surface area contributed by atoms with Crippen LogP contribution in [0.2, 0.25) is 0 Å². The second-order valence-electron chi connectivity index (χ2n) is 9.21. The van der Waals surface area contributed by atoms with Crippen LogP contribution in [-0.2, 0) is 13.5 Å². The first kappa shape index (κ1) is 18.4. The Labute approximate surface area is 182 Å². The first-order valence-corrected chi connectivity index (χ1v) is 11.1. The van der Waals surface area contributed by atoms with Gasteiger partial charge < -0.3 is 4.74 Å². The third-order valence-electron chi connectivity index (χ3n) is 6.70. The molecule has 6 rings (SSSR count). The molecule has 2 heteroatoms. The van der Waals surface area contributed by atoms with Crippen molar-refractivity contribution < 1.29 is 9.30 Å². The molecule has 1 aliphatic rings. The zero-order chi connectivity index (χ0) is 21.3. The van der Waals surface area contributed by atoms with Gasteiger partial charge in [-0.15, -0.1) is 0 Å². The minimum atomic E-state index is 0.543. The molecular weight excluding hydrogens is 378 g/mol. The maximum absolute atomic E-state index is 6.82. The molecule has 0 amide bonds. The Morgan fingerprint density at radius 1 is 0.871 bits per heavy atom. The van der Waals surface area contributed by atoms with Crippen LogP contribution in [0, 0.1) is 12.8 Å². The number of benzene rings is 4. The summed E-state index contributed by atoms with van der Waals surface area (Å²) in [5, 5.41) is 7.59. The van der Waals surface area contributed by atoms with Crippen LogP contribution in [0.4, 0.5) is 0 Å². The Hall–Kier alpha value is -3.39. The summed E-state index contributed by atoms with van der Waals surface area (Å²) in [6.45, 7) is 6.81. The molecule has 31 heavy (non-hydrogen) atoms. The molecule has 0 unspecified atom stereocenters. The lowest BCUT2D eigenvalue weighted by atomic mass is 9.86. The van der Waals surface area contributed by atoms with Gasteiger partial charge in [0, 0.05) is 17.0 Å². The quantitative estimate of drug-likeness (QED) is 0.219. The van der Waals surface area contributed by atoms with Crippen LogP contribution in [0.1, 0.15) is 25.0 Å². The molecule has 2 nitrogen and oxygen atoms in total. The molecule has 0 aliphatic carbocycles. The first-order valence-electron chi connectivity index (χ1n) is 11.1. The zero-order valence-corrected chi connectivity index (χ0v) is 18.5. The predicted octanol–water partition coefficient (Wildman–Crippen LogP) is 7.25. The van der Waals surface area contributed by atoms with Crippen LogP contribution < -0.4 is 9.30 Å². The van der Waals surface area contributed by atoms with E-state index in [1.807, 2.05) is 0 Å². The summed E-state index contributed by atoms with van der Waals surface area (Å²) < 4.78 is 9.09. The first-order chi connectivity index (χ1) is 15.0. The maximum atomic E-state index is 6.82. The van der Waals surface area contributed by atoms with E-state index >= 15 is 0 Å². The van der Waals surface area contributed by atoms with Crippen LogP contribution in [0.3, 0.4) is 0 Å². The third kappa shape index (κ3) is 2.54. The van der Waals surface area contributed by atoms with Crippen LogP contribution in [0.5, 0.6) is 11.5 Å². The summed E-state index contributed by atoms with van der Waals surface area (Å²) >= 11 is 0. The molecule has 0 saturated carbocycles. The topological polar surface area (TPSA) is 13.1 Å². The minimum Gasteiger partial charge on any atom is -0.455 e. The number of ether oxygens (including phenoxy) is 1. The van der Waals surface area contributed by atoms with Crippen molar-refractivity contribution >= 4 is 32.3 Å². The standard InChI is InChI=1S/C29H26NO/c1-17(2)15-24-22-12-8-7-10-20(22)18(3)26-28-27-23(13-14-30(28)4)21-11-6-5-9-19(21)16-25(27)31-29(24)26/h5-14,16-17H,15H2,1-4H3/q+1. The lowest BCUT2D eigenvalue weighted by molar-refractivity contribution is -0.659. The molecule has 0 atom stereocenters. The Balaban J connectivity index is 1.83. The highest BCUT2D eigenvalue weighted by molar-refractivity contribution is 6.16. The molecule has 0 N–H and O–H groups in total. The highest BCUT2D eigenvalue weighted by Gasteiger charge is 2.33. The Morgan fingerprint density at radius 3 is 2.35 bits per heavy atom. The summed E-state index contributed by atoms with van der Waals surface area (Å²) in [5.41, 5.74) is 5.11. The highest BCUT2D eigenvalue weighted by atomic mass is 16.5. The summed E-state index contributed by atoms with van der Waals surface area (Å²) in [6, 6.07) is 21.8. The van der Waals surface area contributed by atoms with Gasteiger partial charge in [0.15, 0.2) is 6.20 Å². The Kier molecular flexibility index (Phi) is 3.89. The molecule has 5 aromatic rings. The second kappa shape index (κ2) is 6.55. The van der Waals surface area contributed by atoms with Gasteiger partial charge in [-0.3, -0.25) is 0 Å². The Morgan fingerprint density at radius 2 is 1.58 bits per heavy atom. The number of aryl methyl sites for hydroxylation is 2. The van der Waals surface area contributed by atoms with E-state index < -0.39 is 0 Å². The molecule has 0 fully saturated rings. The number of pyridine rings is 1. The SMILES string of the molecule is Cc1c2c(c(CC(C)C)c3ccccc13)Oc1cc3ccccc3c3cc[n+](C)c-2c13. The average molecular weight is 405 g/mol. The van der Waals surface area contributed by atoms with Crippen LogP contribution in [0.25, 0.3) is 43.6 Å². The Bertz CT molecular complexity index is 1530. The molecule has 4 aromatic carbocycles. The van der Waals surface area contributed by atoms with Crippen molar-refractivity contribution in [1.29, 1.82) is 0 Å². The van der Waals surface area contributed by atoms with E-state index in [-0.39, 0.29) is 0 Å². The van der Waals surface area contributed by atoms with Gasteiger partial charge in [-0.1, -0.05) is 62.4 Å². The van der Waals surface area contributed by atoms with E-state index in [1.165, 1.54) is 54.7 Å². The number of rotatable bonds is 2. The van der Waals surface area contributed by atoms with E-state index in [1.54, 1.807) is 0 Å². The zero-order valence-electron chi connectivity index (χ0n) is 18.5. The van der Waals surface area contributed by atoms with E-state index in [2.05, 4.69) is 99.2 Å². The maximum Gasteiger partial charge on any atom is 0.228 e. The van der Waals surface area contributed by atoms with Gasteiger partial charge in [0.1, 0.15) is 18.5 Å². The van der Waals surface area contributed by atoms with Crippen molar-refractivity contribution in [2.45, 2.75) is 27.2 Å². The molecular formula is C29H26NO+. The van der Waals surface area contributed by atoms with Gasteiger partial charge in [-0.05, 0) is 52.4 Å². The monoisotopic (exact) mass is 404 g/mol. The van der Waals surface area contributed by atoms with Gasteiger partial charge in [-0.2, -0.15) is 0 Å². The van der Waals surface area contributed by atoms with E-state index in [0.29, 0.717) is 5.92 Å². The van der Waals surface area contributed by atoms with Crippen LogP contribution in [-0.4, -0.2) is 0 Å². The van der Waals surface area contributed by atoms with Gasteiger partial charge in [0.25, 0.3) is 0 Å². The van der Waals surface area contributed by atoms with Gasteiger partial charge in [0.05, 0.1) is 10.9 Å². The van der Waals surface area contributed by atoms with Crippen molar-refractivity contribution in [2.24, 2.45) is 13.0 Å². The van der Waals surface area contributed by atoms with Crippen LogP contribution in [0.15, 0.2) is 66.9 Å². The van der Waals surface area contributed by atoms with Gasteiger partial charge in [-0.25, -0.2) is 4.57 Å². The highest BCUT2D eigenvalue weighted by Crippen LogP contribution is 2.52. The second-order valence-corrected chi connectivity index (χ2v) is 9.21. The minimum absolute atomic E-state index is 0.543. The number of hydrogen-bond donors (Lipinski definition) is 0. The van der Waals surface area contributed by atoms with Crippen LogP contribution >= 0.6 is 0 Å². The summed E-state index contributed by atoms with van der Waals surface area (Å²) in [6.07, 6.45) is 3.19. The predicted molar refractivity (Wildman–Crippen MR) is 129 cm³/mol. The summed E-state index contributed by atoms with van der Waals surface area (Å²) in [7, 11) is 2.15. The van der Waals surface area contributed by atoms with Crippen molar-refractivity contribution in [3.05, 3.63) is 78.0 Å². The van der Waals surface area contributed by atoms with Crippen molar-refractivity contribution in [2.75, 3.05) is 0 Å². The molecule has 1 aromatic heterocycles. The number of fused-ring (bicyclic) bond motifs is 5. The largest absolute Gasteiger partial charge is 0.455 e. The molecule has 0 radical (unpaired) electrons. The number of hydrogen-bond acceptors (Lipinski definition) is 1. The fourth-order valence-electron chi connectivity index (χ4n) is 5.36.